The molecule has 3 aromatic rings. The first-order valence-corrected chi connectivity index (χ1v) is 8.32. The molecule has 0 spiro atoms. The number of pyridine rings is 1. The monoisotopic (exact) mass is 404 g/mol. The van der Waals surface area contributed by atoms with Gasteiger partial charge in [0.15, 0.2) is 23.0 Å². The molecule has 0 aliphatic rings. The maximum atomic E-state index is 9.69. The molecule has 2 N–H and O–H groups in total. The van der Waals surface area contributed by atoms with Gasteiger partial charge in [-0.1, -0.05) is 42.5 Å². The molecule has 6 nitrogen and oxygen atoms in total. The number of aromatic hydroxyl groups is 2. The predicted molar refractivity (Wildman–Crippen MR) is 105 cm³/mol. The number of rotatable bonds is 6. The van der Waals surface area contributed by atoms with Gasteiger partial charge in [-0.05, 0) is 36.4 Å². The smallest absolute Gasteiger partial charge is 0.753 e. The van der Waals surface area contributed by atoms with Crippen LogP contribution in [0.1, 0.15) is 11.4 Å². The third kappa shape index (κ3) is 7.68. The number of benzene rings is 2. The predicted octanol–water partition coefficient (Wildman–Crippen LogP) is 1.31. The van der Waals surface area contributed by atoms with Gasteiger partial charge in [-0.15, -0.1) is 0 Å². The molecule has 0 bridgehead atoms. The van der Waals surface area contributed by atoms with E-state index < -0.39 is 0 Å². The van der Waals surface area contributed by atoms with Crippen molar-refractivity contribution in [3.8, 4) is 23.0 Å². The Kier molecular flexibility index (Phi) is 10.9. The summed E-state index contributed by atoms with van der Waals surface area (Å²) in [6, 6.07) is 19.1. The molecule has 2 aromatic carbocycles. The van der Waals surface area contributed by atoms with E-state index in [1.54, 1.807) is 48.5 Å². The molecule has 0 aliphatic carbocycles. The van der Waals surface area contributed by atoms with Gasteiger partial charge in [0.2, 0.25) is 0 Å². The summed E-state index contributed by atoms with van der Waals surface area (Å²) < 4.78 is 11.1. The zero-order valence-electron chi connectivity index (χ0n) is 15.3. The first-order chi connectivity index (χ1) is 13.1. The molecule has 0 saturated heterocycles. The van der Waals surface area contributed by atoms with Crippen molar-refractivity contribution in [3.63, 3.8) is 0 Å². The third-order valence-corrected chi connectivity index (χ3v) is 3.35. The zero-order chi connectivity index (χ0) is 19.5. The number of phenols is 2. The van der Waals surface area contributed by atoms with Gasteiger partial charge < -0.3 is 25.1 Å². The summed E-state index contributed by atoms with van der Waals surface area (Å²) >= 11 is 3.70. The van der Waals surface area contributed by atoms with Gasteiger partial charge in [-0.3, -0.25) is 4.98 Å². The van der Waals surface area contributed by atoms with E-state index in [0.717, 1.165) is 11.4 Å². The van der Waals surface area contributed by atoms with Crippen molar-refractivity contribution in [1.29, 1.82) is 0 Å². The van der Waals surface area contributed by atoms with Crippen LogP contribution < -0.4 is 39.0 Å². The second-order valence-electron chi connectivity index (χ2n) is 5.22. The third-order valence-electron chi connectivity index (χ3n) is 3.35. The molecule has 0 atom stereocenters. The molecule has 1 heterocycles. The number of phenolic OH excluding ortho intramolecular Hbond substituents is 2. The first-order valence-electron chi connectivity index (χ1n) is 7.91. The Labute approximate surface area is 190 Å². The SMILES string of the molecule is Oc1ccccc1OCc1cccc(COc2ccccc2O)n1.[N-]=C=S.[Na+]. The summed E-state index contributed by atoms with van der Waals surface area (Å²) in [5.74, 6) is 1.01. The van der Waals surface area contributed by atoms with Crippen LogP contribution in [0.25, 0.3) is 5.41 Å². The van der Waals surface area contributed by atoms with E-state index >= 15 is 0 Å². The van der Waals surface area contributed by atoms with Crippen LogP contribution in [0.3, 0.4) is 0 Å². The summed E-state index contributed by atoms with van der Waals surface area (Å²) in [6.45, 7) is 0.476. The molecule has 0 fully saturated rings. The Morgan fingerprint density at radius 3 is 1.57 bits per heavy atom. The van der Waals surface area contributed by atoms with E-state index in [0.29, 0.717) is 11.5 Å². The number of hydrogen-bond acceptors (Lipinski definition) is 6. The quantitative estimate of drug-likeness (QED) is 0.366. The van der Waals surface area contributed by atoms with E-state index in [1.165, 1.54) is 5.16 Å². The zero-order valence-corrected chi connectivity index (χ0v) is 18.1. The fraction of sp³-hybridized carbons (Fsp3) is 0.100. The van der Waals surface area contributed by atoms with Gasteiger partial charge in [-0.2, -0.15) is 5.16 Å². The minimum absolute atomic E-state index is 0. The fourth-order valence-electron chi connectivity index (χ4n) is 2.15. The number of nitrogens with zero attached hydrogens (tertiary/aromatic N) is 2. The minimum atomic E-state index is 0. The topological polar surface area (TPSA) is 94.1 Å². The van der Waals surface area contributed by atoms with Gasteiger partial charge >= 0.3 is 29.6 Å². The molecule has 138 valence electrons. The standard InChI is InChI=1S/C19H17NO4.CNS.Na/c21-16-8-1-3-10-18(16)23-12-14-6-5-7-15(20-14)13-24-19-11-4-2-9-17(19)22;2-1-3;/h1-11,21-22H,12-13H2;;/q;-1;+1. The number of isothiocyanates is 1. The van der Waals surface area contributed by atoms with Gasteiger partial charge in [0, 0.05) is 0 Å². The Morgan fingerprint density at radius 2 is 1.18 bits per heavy atom. The van der Waals surface area contributed by atoms with Gasteiger partial charge in [0.05, 0.1) is 11.4 Å². The number of aromatic nitrogens is 1. The Hall–Kier alpha value is -2.41. The summed E-state index contributed by atoms with van der Waals surface area (Å²) in [5, 5.41) is 27.8. The van der Waals surface area contributed by atoms with Crippen LogP contribution in [0.2, 0.25) is 0 Å². The molecule has 3 rings (SSSR count). The fourth-order valence-corrected chi connectivity index (χ4v) is 2.15. The average molecular weight is 404 g/mol. The number of ether oxygens (including phenoxy) is 2. The van der Waals surface area contributed by atoms with Crippen LogP contribution in [-0.2, 0) is 13.2 Å². The number of hydrogen-bond donors (Lipinski definition) is 2. The van der Waals surface area contributed by atoms with E-state index in [-0.39, 0.29) is 54.3 Å². The molecule has 28 heavy (non-hydrogen) atoms. The van der Waals surface area contributed by atoms with Crippen molar-refractivity contribution in [1.82, 2.24) is 4.98 Å². The van der Waals surface area contributed by atoms with Crippen LogP contribution in [-0.4, -0.2) is 20.4 Å². The summed E-state index contributed by atoms with van der Waals surface area (Å²) in [6.07, 6.45) is 0. The maximum absolute atomic E-state index is 9.69. The molecule has 0 saturated carbocycles. The number of thiocarbonyl (C=S) groups is 1. The van der Waals surface area contributed by atoms with Crippen LogP contribution in [0.5, 0.6) is 23.0 Å². The van der Waals surface area contributed by atoms with Crippen molar-refractivity contribution in [3.05, 3.63) is 83.5 Å². The van der Waals surface area contributed by atoms with Gasteiger partial charge in [0.1, 0.15) is 13.2 Å². The molecular weight excluding hydrogens is 387 g/mol. The molecule has 1 aromatic heterocycles. The van der Waals surface area contributed by atoms with Crippen molar-refractivity contribution in [2.75, 3.05) is 0 Å². The molecule has 0 unspecified atom stereocenters. The molecule has 0 aliphatic heterocycles. The van der Waals surface area contributed by atoms with E-state index in [1.807, 2.05) is 18.2 Å². The van der Waals surface area contributed by atoms with Crippen LogP contribution in [0.4, 0.5) is 0 Å². The molecular formula is C20H17N2NaO4S. The minimum Gasteiger partial charge on any atom is -0.753 e. The second kappa shape index (κ2) is 12.9. The van der Waals surface area contributed by atoms with Crippen LogP contribution in [0.15, 0.2) is 66.7 Å². The van der Waals surface area contributed by atoms with Crippen LogP contribution >= 0.6 is 12.2 Å². The first kappa shape index (κ1) is 23.6. The summed E-state index contributed by atoms with van der Waals surface area (Å²) in [4.78, 5) is 4.45. The van der Waals surface area contributed by atoms with Crippen molar-refractivity contribution in [2.24, 2.45) is 0 Å². The number of para-hydroxylation sites is 4. The normalized spacial score (nSPS) is 9.14. The van der Waals surface area contributed by atoms with Crippen molar-refractivity contribution in [2.45, 2.75) is 13.2 Å². The summed E-state index contributed by atoms with van der Waals surface area (Å²) in [5.41, 5.74) is 1.44. The Bertz CT molecular complexity index is 853. The van der Waals surface area contributed by atoms with Gasteiger partial charge in [0.25, 0.3) is 0 Å². The molecule has 0 radical (unpaired) electrons. The van der Waals surface area contributed by atoms with E-state index in [9.17, 15) is 10.2 Å². The van der Waals surface area contributed by atoms with Crippen molar-refractivity contribution >= 4 is 17.4 Å². The van der Waals surface area contributed by atoms with Crippen molar-refractivity contribution < 1.29 is 49.2 Å². The second-order valence-corrected chi connectivity index (χ2v) is 5.41. The van der Waals surface area contributed by atoms with E-state index in [4.69, 9.17) is 14.9 Å². The average Bonchev–Trinajstić information content (AvgIpc) is 2.68. The van der Waals surface area contributed by atoms with Crippen LogP contribution in [0, 0.1) is 0 Å². The van der Waals surface area contributed by atoms with E-state index in [2.05, 4.69) is 17.2 Å². The maximum Gasteiger partial charge on any atom is 1.00 e. The van der Waals surface area contributed by atoms with Gasteiger partial charge in [-0.25, -0.2) is 0 Å². The molecule has 8 heteroatoms. The summed E-state index contributed by atoms with van der Waals surface area (Å²) in [7, 11) is 0. The Morgan fingerprint density at radius 1 is 0.786 bits per heavy atom. The largest absolute Gasteiger partial charge is 1.00 e. The molecule has 0 amide bonds. The Balaban J connectivity index is 0.000000921.